The van der Waals surface area contributed by atoms with Gasteiger partial charge in [0, 0.05) is 23.4 Å². The van der Waals surface area contributed by atoms with Gasteiger partial charge in [0.05, 0.1) is 22.4 Å². The van der Waals surface area contributed by atoms with Crippen LogP contribution in [0.25, 0.3) is 0 Å². The van der Waals surface area contributed by atoms with Crippen LogP contribution in [0.3, 0.4) is 0 Å². The first kappa shape index (κ1) is 19.5. The molecule has 132 valence electrons. The fourth-order valence-electron chi connectivity index (χ4n) is 2.53. The topological polar surface area (TPSA) is 82.0 Å². The minimum atomic E-state index is -0.290. The maximum absolute atomic E-state index is 12.1. The zero-order valence-electron chi connectivity index (χ0n) is 14.0. The largest absolute Gasteiger partial charge is 0.355 e. The maximum Gasteiger partial charge on any atom is 0.230 e. The molecule has 0 aliphatic carbocycles. The van der Waals surface area contributed by atoms with Gasteiger partial charge in [0.1, 0.15) is 0 Å². The summed E-state index contributed by atoms with van der Waals surface area (Å²) in [6.45, 7) is 2.71. The fourth-order valence-corrected chi connectivity index (χ4v) is 3.86. The lowest BCUT2D eigenvalue weighted by atomic mass is 9.87. The Hall–Kier alpha value is -1.78. The fraction of sp³-hybridized carbons (Fsp3) is 0.389. The van der Waals surface area contributed by atoms with Crippen LogP contribution in [0.15, 0.2) is 39.3 Å². The molecule has 0 saturated carbocycles. The summed E-state index contributed by atoms with van der Waals surface area (Å²) in [6, 6.07) is 9.83. The van der Waals surface area contributed by atoms with Crippen molar-refractivity contribution < 1.29 is 9.59 Å². The second-order valence-electron chi connectivity index (χ2n) is 5.71. The van der Waals surface area contributed by atoms with E-state index in [1.165, 1.54) is 11.8 Å². The predicted molar refractivity (Wildman–Crippen MR) is 103 cm³/mol. The molecule has 25 heavy (non-hydrogen) atoms. The van der Waals surface area contributed by atoms with Crippen LogP contribution in [-0.4, -0.2) is 24.1 Å². The number of carbonyl (C=O) groups is 2. The summed E-state index contributed by atoms with van der Waals surface area (Å²) in [6.07, 6.45) is 2.18. The molecular weight excluding hydrogens is 402 g/mol. The van der Waals surface area contributed by atoms with Gasteiger partial charge in [0.25, 0.3) is 0 Å². The van der Waals surface area contributed by atoms with Crippen molar-refractivity contribution in [3.8, 4) is 6.07 Å². The van der Waals surface area contributed by atoms with Crippen LogP contribution in [0.2, 0.25) is 0 Å². The number of unbranched alkanes of at least 4 members (excludes halogenated alkanes) is 1. The summed E-state index contributed by atoms with van der Waals surface area (Å²) < 4.78 is 0.901. The van der Waals surface area contributed by atoms with Crippen molar-refractivity contribution in [2.45, 2.75) is 32.1 Å². The van der Waals surface area contributed by atoms with Gasteiger partial charge < -0.3 is 10.6 Å². The van der Waals surface area contributed by atoms with Gasteiger partial charge in [-0.2, -0.15) is 5.26 Å². The molecule has 0 spiro atoms. The number of nitriles is 1. The standard InChI is InChI=1S/C18H20BrN3O2S/c1-2-3-7-21-17(24)11-25-18-15(10-20)14(9-16(23)22-18)12-5-4-6-13(19)8-12/h4-6,8,14H,2-3,7,9,11H2,1H3,(H,21,24)(H,22,23)/t14-/m0/s1. The number of halogens is 1. The van der Waals surface area contributed by atoms with E-state index in [0.717, 1.165) is 22.9 Å². The summed E-state index contributed by atoms with van der Waals surface area (Å²) >= 11 is 4.63. The monoisotopic (exact) mass is 421 g/mol. The van der Waals surface area contributed by atoms with Crippen molar-refractivity contribution in [3.05, 3.63) is 44.9 Å². The van der Waals surface area contributed by atoms with Crippen molar-refractivity contribution in [1.29, 1.82) is 5.26 Å². The highest BCUT2D eigenvalue weighted by Gasteiger charge is 2.29. The molecule has 1 heterocycles. The van der Waals surface area contributed by atoms with E-state index in [4.69, 9.17) is 0 Å². The van der Waals surface area contributed by atoms with Gasteiger partial charge >= 0.3 is 0 Å². The van der Waals surface area contributed by atoms with Crippen LogP contribution in [0, 0.1) is 11.3 Å². The molecular formula is C18H20BrN3O2S. The van der Waals surface area contributed by atoms with E-state index in [1.54, 1.807) is 0 Å². The van der Waals surface area contributed by atoms with E-state index in [0.29, 0.717) is 17.1 Å². The Morgan fingerprint density at radius 1 is 1.52 bits per heavy atom. The van der Waals surface area contributed by atoms with Gasteiger partial charge in [0.15, 0.2) is 0 Å². The number of hydrogen-bond donors (Lipinski definition) is 2. The summed E-state index contributed by atoms with van der Waals surface area (Å²) in [5, 5.41) is 15.7. The number of carbonyl (C=O) groups excluding carboxylic acids is 2. The van der Waals surface area contributed by atoms with E-state index in [1.807, 2.05) is 24.3 Å². The number of nitrogens with zero attached hydrogens (tertiary/aromatic N) is 1. The Labute approximate surface area is 160 Å². The molecule has 0 aromatic heterocycles. The number of thioether (sulfide) groups is 1. The van der Waals surface area contributed by atoms with Crippen LogP contribution >= 0.6 is 27.7 Å². The van der Waals surface area contributed by atoms with Crippen molar-refractivity contribution in [2.24, 2.45) is 0 Å². The van der Waals surface area contributed by atoms with E-state index < -0.39 is 0 Å². The van der Waals surface area contributed by atoms with Gasteiger partial charge in [-0.25, -0.2) is 0 Å². The number of nitrogens with one attached hydrogen (secondary N) is 2. The number of rotatable bonds is 7. The lowest BCUT2D eigenvalue weighted by Gasteiger charge is -2.25. The first-order valence-corrected chi connectivity index (χ1v) is 9.92. The first-order chi connectivity index (χ1) is 12.0. The molecule has 2 N–H and O–H groups in total. The van der Waals surface area contributed by atoms with Crippen molar-refractivity contribution in [2.75, 3.05) is 12.3 Å². The van der Waals surface area contributed by atoms with Crippen molar-refractivity contribution in [1.82, 2.24) is 10.6 Å². The molecule has 1 aromatic rings. The van der Waals surface area contributed by atoms with Gasteiger partial charge in [-0.1, -0.05) is 53.2 Å². The molecule has 0 fully saturated rings. The Balaban J connectivity index is 2.15. The minimum Gasteiger partial charge on any atom is -0.355 e. The number of hydrogen-bond acceptors (Lipinski definition) is 4. The van der Waals surface area contributed by atoms with Gasteiger partial charge in [-0.15, -0.1) is 0 Å². The lowest BCUT2D eigenvalue weighted by Crippen LogP contribution is -2.32. The zero-order chi connectivity index (χ0) is 18.2. The average molecular weight is 422 g/mol. The average Bonchev–Trinajstić information content (AvgIpc) is 2.59. The SMILES string of the molecule is CCCCNC(=O)CSC1=C(C#N)[C@H](c2cccc(Br)c2)CC(=O)N1. The number of amides is 2. The van der Waals surface area contributed by atoms with Crippen LogP contribution < -0.4 is 10.6 Å². The number of benzene rings is 1. The van der Waals surface area contributed by atoms with Crippen molar-refractivity contribution >= 4 is 39.5 Å². The highest BCUT2D eigenvalue weighted by atomic mass is 79.9. The molecule has 0 radical (unpaired) electrons. The molecule has 2 amide bonds. The molecule has 0 bridgehead atoms. The molecule has 0 saturated heterocycles. The van der Waals surface area contributed by atoms with Crippen LogP contribution in [0.4, 0.5) is 0 Å². The maximum atomic E-state index is 12.1. The molecule has 7 heteroatoms. The third kappa shape index (κ3) is 5.62. The molecule has 1 atom stereocenters. The summed E-state index contributed by atoms with van der Waals surface area (Å²) in [5.41, 5.74) is 1.41. The van der Waals surface area contributed by atoms with Crippen LogP contribution in [0.1, 0.15) is 37.7 Å². The summed E-state index contributed by atoms with van der Waals surface area (Å²) in [4.78, 5) is 24.0. The number of allylic oxidation sites excluding steroid dienone is 1. The molecule has 1 aliphatic rings. The Morgan fingerprint density at radius 3 is 3.00 bits per heavy atom. The molecule has 0 unspecified atom stereocenters. The van der Waals surface area contributed by atoms with Crippen LogP contribution in [-0.2, 0) is 9.59 Å². The second-order valence-corrected chi connectivity index (χ2v) is 7.61. The van der Waals surface area contributed by atoms with Crippen LogP contribution in [0.5, 0.6) is 0 Å². The highest BCUT2D eigenvalue weighted by Crippen LogP contribution is 2.36. The van der Waals surface area contributed by atoms with E-state index in [9.17, 15) is 14.9 Å². The smallest absolute Gasteiger partial charge is 0.230 e. The summed E-state index contributed by atoms with van der Waals surface area (Å²) in [5.74, 6) is -0.350. The molecule has 1 aliphatic heterocycles. The molecule has 1 aromatic carbocycles. The predicted octanol–water partition coefficient (Wildman–Crippen LogP) is 3.44. The quantitative estimate of drug-likeness (QED) is 0.660. The van der Waals surface area contributed by atoms with Gasteiger partial charge in [-0.3, -0.25) is 9.59 Å². The Kier molecular flexibility index (Phi) is 7.53. The normalized spacial score (nSPS) is 17.0. The third-order valence-electron chi connectivity index (χ3n) is 3.81. The molecule has 5 nitrogen and oxygen atoms in total. The van der Waals surface area contributed by atoms with E-state index in [2.05, 4.69) is 39.6 Å². The van der Waals surface area contributed by atoms with Crippen molar-refractivity contribution in [3.63, 3.8) is 0 Å². The second kappa shape index (κ2) is 9.64. The third-order valence-corrected chi connectivity index (χ3v) is 5.32. The van der Waals surface area contributed by atoms with E-state index in [-0.39, 0.29) is 29.9 Å². The first-order valence-electron chi connectivity index (χ1n) is 8.14. The van der Waals surface area contributed by atoms with Gasteiger partial charge in [0.2, 0.25) is 11.8 Å². The minimum absolute atomic E-state index is 0.0953. The van der Waals surface area contributed by atoms with Gasteiger partial charge in [-0.05, 0) is 24.1 Å². The van der Waals surface area contributed by atoms with E-state index >= 15 is 0 Å². The molecule has 2 rings (SSSR count). The zero-order valence-corrected chi connectivity index (χ0v) is 16.4. The Morgan fingerprint density at radius 2 is 2.32 bits per heavy atom. The highest BCUT2D eigenvalue weighted by molar-refractivity contribution is 9.10. The Bertz CT molecular complexity index is 727. The lowest BCUT2D eigenvalue weighted by molar-refractivity contribution is -0.121. The summed E-state index contributed by atoms with van der Waals surface area (Å²) in [7, 11) is 0.